The van der Waals surface area contributed by atoms with Crippen molar-refractivity contribution in [3.63, 3.8) is 0 Å². The summed E-state index contributed by atoms with van der Waals surface area (Å²) in [5.41, 5.74) is 2.53. The molecule has 1 amide bonds. The Labute approximate surface area is 236 Å². The molecule has 1 saturated heterocycles. The number of ketones is 1. The molecule has 1 aromatic heterocycles. The van der Waals surface area contributed by atoms with Crippen LogP contribution in [0.4, 0.5) is 5.69 Å². The monoisotopic (exact) mass is 552 g/mol. The molecule has 5 rings (SSSR count). The van der Waals surface area contributed by atoms with Crippen LogP contribution in [-0.4, -0.2) is 42.7 Å². The number of nitro groups is 1. The van der Waals surface area contributed by atoms with Gasteiger partial charge in [-0.1, -0.05) is 42.0 Å². The average molecular weight is 553 g/mol. The van der Waals surface area contributed by atoms with Crippen LogP contribution in [-0.2, 0) is 22.7 Å². The Bertz CT molecular complexity index is 1610. The molecule has 1 atom stereocenters. The fourth-order valence-electron chi connectivity index (χ4n) is 4.94. The fraction of sp³-hybridized carbons (Fsp3) is 0.194. The Morgan fingerprint density at radius 1 is 1.05 bits per heavy atom. The number of carbonyl (C=O) groups excluding carboxylic acids is 2. The first-order valence-electron chi connectivity index (χ1n) is 13.1. The fourth-order valence-corrected chi connectivity index (χ4v) is 4.94. The highest BCUT2D eigenvalue weighted by Gasteiger charge is 2.46. The van der Waals surface area contributed by atoms with Crippen molar-refractivity contribution in [3.05, 3.63) is 129 Å². The predicted octanol–water partition coefficient (Wildman–Crippen LogP) is 5.19. The van der Waals surface area contributed by atoms with E-state index in [0.717, 1.165) is 11.1 Å². The zero-order chi connectivity index (χ0) is 28.9. The van der Waals surface area contributed by atoms with Gasteiger partial charge in [0.2, 0.25) is 0 Å². The van der Waals surface area contributed by atoms with Crippen LogP contribution in [0.1, 0.15) is 34.7 Å². The second kappa shape index (κ2) is 11.9. The summed E-state index contributed by atoms with van der Waals surface area (Å²) in [5.74, 6) is -1.41. The molecule has 0 saturated carbocycles. The zero-order valence-corrected chi connectivity index (χ0v) is 22.3. The van der Waals surface area contributed by atoms with Crippen molar-refractivity contribution < 1.29 is 24.4 Å². The number of non-ortho nitro benzene ring substituents is 1. The first-order chi connectivity index (χ1) is 19.8. The van der Waals surface area contributed by atoms with E-state index in [0.29, 0.717) is 36.4 Å². The summed E-state index contributed by atoms with van der Waals surface area (Å²) >= 11 is 0. The van der Waals surface area contributed by atoms with Gasteiger partial charge in [0, 0.05) is 43.2 Å². The highest BCUT2D eigenvalue weighted by atomic mass is 16.6. The summed E-state index contributed by atoms with van der Waals surface area (Å²) in [4.78, 5) is 42.8. The van der Waals surface area contributed by atoms with Crippen molar-refractivity contribution in [2.75, 3.05) is 6.54 Å². The Hall–Kier alpha value is -5.25. The smallest absolute Gasteiger partial charge is 0.295 e. The standard InChI is InChI=1S/C31H28N4O6/c1-21-5-2-6-22(17-21)19-41-26-11-9-23(10-12-26)29(36)27-28(24-7-3-8-25(18-24)35(39)40)34(31(38)30(27)37)15-4-14-33-16-13-32-20-33/h2-3,5-13,16-18,20,28,36H,4,14-15,19H2,1H3/b29-27+/t28-/m1/s1. The van der Waals surface area contributed by atoms with Gasteiger partial charge >= 0.3 is 0 Å². The largest absolute Gasteiger partial charge is 0.507 e. The van der Waals surface area contributed by atoms with E-state index in [1.165, 1.54) is 23.1 Å². The number of hydrogen-bond donors (Lipinski definition) is 1. The van der Waals surface area contributed by atoms with Crippen LogP contribution < -0.4 is 4.74 Å². The number of likely N-dealkylation sites (tertiary alicyclic amines) is 1. The number of aliphatic hydroxyl groups excluding tert-OH is 1. The number of aromatic nitrogens is 2. The molecule has 1 aliphatic heterocycles. The van der Waals surface area contributed by atoms with Gasteiger partial charge < -0.3 is 19.3 Å². The van der Waals surface area contributed by atoms with Gasteiger partial charge in [-0.3, -0.25) is 19.7 Å². The van der Waals surface area contributed by atoms with Gasteiger partial charge in [-0.2, -0.15) is 0 Å². The summed E-state index contributed by atoms with van der Waals surface area (Å²) in [6, 6.07) is 19.3. The van der Waals surface area contributed by atoms with Crippen LogP contribution in [0, 0.1) is 17.0 Å². The van der Waals surface area contributed by atoms with Gasteiger partial charge in [-0.25, -0.2) is 4.98 Å². The number of hydrogen-bond acceptors (Lipinski definition) is 7. The van der Waals surface area contributed by atoms with Crippen molar-refractivity contribution in [3.8, 4) is 5.75 Å². The molecule has 1 aliphatic rings. The third kappa shape index (κ3) is 6.01. The third-order valence-corrected chi connectivity index (χ3v) is 6.93. The maximum atomic E-state index is 13.3. The number of benzene rings is 3. The minimum Gasteiger partial charge on any atom is -0.507 e. The number of nitro benzene ring substituents is 1. The lowest BCUT2D eigenvalue weighted by Crippen LogP contribution is -2.31. The van der Waals surface area contributed by atoms with Crippen LogP contribution in [0.5, 0.6) is 5.75 Å². The van der Waals surface area contributed by atoms with Crippen LogP contribution in [0.2, 0.25) is 0 Å². The zero-order valence-electron chi connectivity index (χ0n) is 22.3. The molecule has 4 aromatic rings. The molecular weight excluding hydrogens is 524 g/mol. The quantitative estimate of drug-likeness (QED) is 0.0943. The second-order valence-corrected chi connectivity index (χ2v) is 9.80. The van der Waals surface area contributed by atoms with Crippen molar-refractivity contribution in [2.45, 2.75) is 32.5 Å². The first kappa shape index (κ1) is 27.3. The van der Waals surface area contributed by atoms with Crippen molar-refractivity contribution in [2.24, 2.45) is 0 Å². The molecule has 1 N–H and O–H groups in total. The molecule has 1 fully saturated rings. The third-order valence-electron chi connectivity index (χ3n) is 6.93. The Morgan fingerprint density at radius 2 is 1.83 bits per heavy atom. The first-order valence-corrected chi connectivity index (χ1v) is 13.1. The molecule has 41 heavy (non-hydrogen) atoms. The number of ether oxygens (including phenoxy) is 1. The lowest BCUT2D eigenvalue weighted by atomic mass is 9.95. The van der Waals surface area contributed by atoms with Crippen LogP contribution in [0.15, 0.2) is 97.1 Å². The van der Waals surface area contributed by atoms with E-state index in [1.807, 2.05) is 35.8 Å². The number of imidazole rings is 1. The Morgan fingerprint density at radius 3 is 2.54 bits per heavy atom. The molecule has 3 aromatic carbocycles. The van der Waals surface area contributed by atoms with Crippen molar-refractivity contribution >= 4 is 23.1 Å². The van der Waals surface area contributed by atoms with Gasteiger partial charge in [0.15, 0.2) is 0 Å². The van der Waals surface area contributed by atoms with Gasteiger partial charge in [0.1, 0.15) is 18.1 Å². The SMILES string of the molecule is Cc1cccc(COc2ccc(/C(O)=C3\C(=O)C(=O)N(CCCn4ccnc4)[C@@H]3c3cccc([N+](=O)[O-])c3)cc2)c1. The highest BCUT2D eigenvalue weighted by molar-refractivity contribution is 6.46. The number of aryl methyl sites for hydroxylation is 2. The summed E-state index contributed by atoms with van der Waals surface area (Å²) in [6.45, 7) is 3.11. The van der Waals surface area contributed by atoms with Crippen LogP contribution >= 0.6 is 0 Å². The van der Waals surface area contributed by atoms with E-state index in [4.69, 9.17) is 4.74 Å². The lowest BCUT2D eigenvalue weighted by Gasteiger charge is -2.25. The highest BCUT2D eigenvalue weighted by Crippen LogP contribution is 2.40. The molecular formula is C31H28N4O6. The van der Waals surface area contributed by atoms with E-state index in [2.05, 4.69) is 4.98 Å². The van der Waals surface area contributed by atoms with Gasteiger partial charge in [-0.15, -0.1) is 0 Å². The molecule has 0 unspecified atom stereocenters. The van der Waals surface area contributed by atoms with Gasteiger partial charge in [0.25, 0.3) is 17.4 Å². The molecule has 0 bridgehead atoms. The molecule has 0 spiro atoms. The van der Waals surface area contributed by atoms with E-state index in [1.54, 1.807) is 49.1 Å². The molecule has 0 radical (unpaired) electrons. The summed E-state index contributed by atoms with van der Waals surface area (Å²) in [5, 5.41) is 22.8. The van der Waals surface area contributed by atoms with Crippen molar-refractivity contribution in [1.82, 2.24) is 14.5 Å². The molecule has 208 valence electrons. The van der Waals surface area contributed by atoms with Crippen LogP contribution in [0.3, 0.4) is 0 Å². The number of Topliss-reactive ketones (excluding diaryl/α,β-unsaturated/α-hetero) is 1. The molecule has 10 heteroatoms. The average Bonchev–Trinajstić information content (AvgIpc) is 3.58. The minimum atomic E-state index is -0.991. The molecule has 0 aliphatic carbocycles. The molecule has 10 nitrogen and oxygen atoms in total. The number of aliphatic hydroxyl groups is 1. The number of carbonyl (C=O) groups is 2. The Kier molecular flexibility index (Phi) is 7.91. The normalized spacial score (nSPS) is 16.2. The number of amides is 1. The second-order valence-electron chi connectivity index (χ2n) is 9.80. The topological polar surface area (TPSA) is 128 Å². The molecule has 2 heterocycles. The summed E-state index contributed by atoms with van der Waals surface area (Å²) in [6.07, 6.45) is 5.59. The maximum Gasteiger partial charge on any atom is 0.295 e. The van der Waals surface area contributed by atoms with Crippen LogP contribution in [0.25, 0.3) is 5.76 Å². The maximum absolute atomic E-state index is 13.3. The van der Waals surface area contributed by atoms with Gasteiger partial charge in [-0.05, 0) is 48.7 Å². The predicted molar refractivity (Wildman–Crippen MR) is 151 cm³/mol. The summed E-state index contributed by atoms with van der Waals surface area (Å²) < 4.78 is 7.71. The lowest BCUT2D eigenvalue weighted by molar-refractivity contribution is -0.384. The van der Waals surface area contributed by atoms with E-state index in [9.17, 15) is 24.8 Å². The Balaban J connectivity index is 1.44. The van der Waals surface area contributed by atoms with E-state index >= 15 is 0 Å². The van der Waals surface area contributed by atoms with E-state index < -0.39 is 22.7 Å². The van der Waals surface area contributed by atoms with Gasteiger partial charge in [0.05, 0.1) is 22.9 Å². The minimum absolute atomic E-state index is 0.119. The van der Waals surface area contributed by atoms with E-state index in [-0.39, 0.29) is 23.6 Å². The number of nitrogens with zero attached hydrogens (tertiary/aromatic N) is 4. The number of rotatable bonds is 10. The van der Waals surface area contributed by atoms with Crippen molar-refractivity contribution in [1.29, 1.82) is 0 Å². The summed E-state index contributed by atoms with van der Waals surface area (Å²) in [7, 11) is 0.